The molecule has 118 valence electrons. The third-order valence-electron chi connectivity index (χ3n) is 4.08. The fourth-order valence-corrected chi connectivity index (χ4v) is 2.75. The molecule has 2 unspecified atom stereocenters. The number of carbonyl (C=O) groups is 1. The molecule has 0 radical (unpaired) electrons. The van der Waals surface area contributed by atoms with Gasteiger partial charge in [0.2, 0.25) is 5.91 Å². The van der Waals surface area contributed by atoms with Crippen molar-refractivity contribution >= 4 is 29.9 Å². The zero-order valence-electron chi connectivity index (χ0n) is 12.3. The molecule has 1 aliphatic carbocycles. The fraction of sp³-hybridized carbons (Fsp3) is 0.562. The van der Waals surface area contributed by atoms with Crippen molar-refractivity contribution in [1.29, 1.82) is 0 Å². The van der Waals surface area contributed by atoms with E-state index >= 15 is 0 Å². The number of halogens is 2. The number of rotatable bonds is 6. The van der Waals surface area contributed by atoms with Gasteiger partial charge in [-0.25, -0.2) is 0 Å². The van der Waals surface area contributed by atoms with Gasteiger partial charge in [0.05, 0.1) is 12.1 Å². The summed E-state index contributed by atoms with van der Waals surface area (Å²) in [6, 6.07) is 7.40. The monoisotopic (exact) mass is 330 g/mol. The Morgan fingerprint density at radius 2 is 2.00 bits per heavy atom. The first kappa shape index (κ1) is 18.3. The summed E-state index contributed by atoms with van der Waals surface area (Å²) < 4.78 is 0. The van der Waals surface area contributed by atoms with E-state index in [1.54, 1.807) is 0 Å². The molecule has 0 saturated heterocycles. The molecule has 1 amide bonds. The molecule has 0 spiro atoms. The fourth-order valence-electron chi connectivity index (χ4n) is 2.62. The highest BCUT2D eigenvalue weighted by atomic mass is 35.5. The number of hydrogen-bond donors (Lipinski definition) is 2. The maximum absolute atomic E-state index is 12.2. The van der Waals surface area contributed by atoms with E-state index in [0.29, 0.717) is 5.92 Å². The predicted octanol–water partition coefficient (Wildman–Crippen LogP) is 3.85. The molecule has 0 heterocycles. The van der Waals surface area contributed by atoms with Crippen molar-refractivity contribution in [3.8, 4) is 0 Å². The van der Waals surface area contributed by atoms with E-state index in [1.165, 1.54) is 6.42 Å². The van der Waals surface area contributed by atoms with Gasteiger partial charge in [0, 0.05) is 5.02 Å². The van der Waals surface area contributed by atoms with Crippen LogP contribution in [0.4, 0.5) is 0 Å². The lowest BCUT2D eigenvalue weighted by atomic mass is 9.77. The summed E-state index contributed by atoms with van der Waals surface area (Å²) in [6.45, 7) is 2.04. The zero-order valence-corrected chi connectivity index (χ0v) is 13.9. The van der Waals surface area contributed by atoms with E-state index in [0.717, 1.165) is 36.3 Å². The Bertz CT molecular complexity index is 446. The van der Waals surface area contributed by atoms with Crippen LogP contribution in [0.2, 0.25) is 5.02 Å². The second kappa shape index (κ2) is 8.62. The quantitative estimate of drug-likeness (QED) is 0.832. The molecule has 1 aromatic rings. The van der Waals surface area contributed by atoms with Crippen LogP contribution in [0, 0.1) is 5.92 Å². The standard InChI is InChI=1S/C16H23ClN2O.ClH/c1-2-4-14(18)16(20)19-15(11-5-3-6-11)12-7-9-13(17)10-8-12;/h7-11,14-15H,2-6,18H2,1H3,(H,19,20);1H. The average molecular weight is 331 g/mol. The summed E-state index contributed by atoms with van der Waals surface area (Å²) in [7, 11) is 0. The summed E-state index contributed by atoms with van der Waals surface area (Å²) >= 11 is 5.93. The van der Waals surface area contributed by atoms with Crippen molar-refractivity contribution in [1.82, 2.24) is 5.32 Å². The van der Waals surface area contributed by atoms with Crippen LogP contribution >= 0.6 is 24.0 Å². The molecule has 2 atom stereocenters. The third kappa shape index (κ3) is 4.87. The number of amides is 1. The molecule has 5 heteroatoms. The van der Waals surface area contributed by atoms with Crippen LogP contribution in [0.15, 0.2) is 24.3 Å². The predicted molar refractivity (Wildman–Crippen MR) is 89.8 cm³/mol. The van der Waals surface area contributed by atoms with Crippen molar-refractivity contribution < 1.29 is 4.79 Å². The first-order valence-electron chi connectivity index (χ1n) is 7.43. The van der Waals surface area contributed by atoms with Crippen molar-refractivity contribution in [2.24, 2.45) is 11.7 Å². The van der Waals surface area contributed by atoms with Gasteiger partial charge in [0.25, 0.3) is 0 Å². The maximum Gasteiger partial charge on any atom is 0.237 e. The summed E-state index contributed by atoms with van der Waals surface area (Å²) in [5.74, 6) is 0.479. The zero-order chi connectivity index (χ0) is 14.5. The number of benzene rings is 1. The van der Waals surface area contributed by atoms with E-state index in [4.69, 9.17) is 17.3 Å². The van der Waals surface area contributed by atoms with E-state index in [2.05, 4.69) is 5.32 Å². The minimum absolute atomic E-state index is 0. The SMILES string of the molecule is CCCC(N)C(=O)NC(c1ccc(Cl)cc1)C1CCC1.Cl. The van der Waals surface area contributed by atoms with Crippen LogP contribution in [-0.4, -0.2) is 11.9 Å². The Hall–Kier alpha value is -0.770. The topological polar surface area (TPSA) is 55.1 Å². The summed E-state index contributed by atoms with van der Waals surface area (Å²) in [4.78, 5) is 12.2. The maximum atomic E-state index is 12.2. The second-order valence-corrected chi connectivity index (χ2v) is 6.06. The lowest BCUT2D eigenvalue weighted by Gasteiger charge is -2.35. The van der Waals surface area contributed by atoms with Gasteiger partial charge < -0.3 is 11.1 Å². The van der Waals surface area contributed by atoms with E-state index < -0.39 is 6.04 Å². The van der Waals surface area contributed by atoms with Gasteiger partial charge in [-0.1, -0.05) is 43.5 Å². The Balaban J connectivity index is 0.00000220. The van der Waals surface area contributed by atoms with Gasteiger partial charge in [0.15, 0.2) is 0 Å². The van der Waals surface area contributed by atoms with Gasteiger partial charge >= 0.3 is 0 Å². The minimum atomic E-state index is -0.408. The molecule has 3 nitrogen and oxygen atoms in total. The van der Waals surface area contributed by atoms with Gasteiger partial charge in [-0.15, -0.1) is 12.4 Å². The highest BCUT2D eigenvalue weighted by Gasteiger charge is 2.30. The van der Waals surface area contributed by atoms with E-state index in [9.17, 15) is 4.79 Å². The van der Waals surface area contributed by atoms with Crippen LogP contribution < -0.4 is 11.1 Å². The molecule has 2 rings (SSSR count). The first-order chi connectivity index (χ1) is 9.61. The summed E-state index contributed by atoms with van der Waals surface area (Å²) in [5.41, 5.74) is 7.03. The number of nitrogens with one attached hydrogen (secondary N) is 1. The molecular formula is C16H24Cl2N2O. The Kier molecular flexibility index (Phi) is 7.50. The Morgan fingerprint density at radius 1 is 1.38 bits per heavy atom. The van der Waals surface area contributed by atoms with E-state index in [-0.39, 0.29) is 24.4 Å². The number of carbonyl (C=O) groups excluding carboxylic acids is 1. The van der Waals surface area contributed by atoms with Crippen LogP contribution in [0.5, 0.6) is 0 Å². The summed E-state index contributed by atoms with van der Waals surface area (Å²) in [5, 5.41) is 3.85. The van der Waals surface area contributed by atoms with Crippen molar-refractivity contribution in [2.75, 3.05) is 0 Å². The van der Waals surface area contributed by atoms with Crippen molar-refractivity contribution in [2.45, 2.75) is 51.1 Å². The van der Waals surface area contributed by atoms with Crippen LogP contribution in [0.3, 0.4) is 0 Å². The molecule has 0 bridgehead atoms. The van der Waals surface area contributed by atoms with Crippen LogP contribution in [0.25, 0.3) is 0 Å². The first-order valence-corrected chi connectivity index (χ1v) is 7.81. The lowest BCUT2D eigenvalue weighted by molar-refractivity contribution is -0.123. The van der Waals surface area contributed by atoms with E-state index in [1.807, 2.05) is 31.2 Å². The molecule has 3 N–H and O–H groups in total. The summed E-state index contributed by atoms with van der Waals surface area (Å²) in [6.07, 6.45) is 5.21. The van der Waals surface area contributed by atoms with Crippen LogP contribution in [-0.2, 0) is 4.79 Å². The second-order valence-electron chi connectivity index (χ2n) is 5.62. The van der Waals surface area contributed by atoms with Crippen molar-refractivity contribution in [3.63, 3.8) is 0 Å². The third-order valence-corrected chi connectivity index (χ3v) is 4.34. The van der Waals surface area contributed by atoms with Crippen LogP contribution in [0.1, 0.15) is 50.6 Å². The molecule has 0 aliphatic heterocycles. The average Bonchev–Trinajstić information content (AvgIpc) is 2.37. The highest BCUT2D eigenvalue weighted by molar-refractivity contribution is 6.30. The van der Waals surface area contributed by atoms with Gasteiger partial charge in [0.1, 0.15) is 0 Å². The molecule has 1 saturated carbocycles. The molecule has 21 heavy (non-hydrogen) atoms. The van der Waals surface area contributed by atoms with Gasteiger partial charge in [-0.3, -0.25) is 4.79 Å². The molecule has 1 fully saturated rings. The molecule has 0 aromatic heterocycles. The lowest BCUT2D eigenvalue weighted by Crippen LogP contribution is -2.45. The smallest absolute Gasteiger partial charge is 0.237 e. The largest absolute Gasteiger partial charge is 0.348 e. The number of nitrogens with two attached hydrogens (primary N) is 1. The minimum Gasteiger partial charge on any atom is -0.348 e. The molecule has 1 aliphatic rings. The van der Waals surface area contributed by atoms with Gasteiger partial charge in [-0.2, -0.15) is 0 Å². The van der Waals surface area contributed by atoms with Crippen molar-refractivity contribution in [3.05, 3.63) is 34.9 Å². The number of hydrogen-bond acceptors (Lipinski definition) is 2. The normalized spacial score (nSPS) is 17.3. The highest BCUT2D eigenvalue weighted by Crippen LogP contribution is 2.38. The Labute approximate surface area is 138 Å². The molecular weight excluding hydrogens is 307 g/mol. The Morgan fingerprint density at radius 3 is 2.48 bits per heavy atom. The molecule has 1 aromatic carbocycles. The van der Waals surface area contributed by atoms with Gasteiger partial charge in [-0.05, 0) is 42.9 Å².